The van der Waals surface area contributed by atoms with Crippen molar-refractivity contribution < 1.29 is 18.1 Å². The lowest BCUT2D eigenvalue weighted by Crippen LogP contribution is -2.50. The van der Waals surface area contributed by atoms with E-state index in [1.807, 2.05) is 37.3 Å². The normalized spacial score (nSPS) is 16.4. The largest absolute Gasteiger partial charge is 0.340 e. The van der Waals surface area contributed by atoms with E-state index in [-0.39, 0.29) is 35.5 Å². The number of carbonyl (C=O) groups excluding carboxylic acids is 1. The topological polar surface area (TPSA) is 101 Å². The summed E-state index contributed by atoms with van der Waals surface area (Å²) in [5.41, 5.74) is 0.822. The molecule has 0 unspecified atom stereocenters. The first kappa shape index (κ1) is 20.9. The Balaban J connectivity index is 1.61. The molecule has 3 rings (SSSR count). The van der Waals surface area contributed by atoms with Crippen molar-refractivity contribution in [1.82, 2.24) is 9.21 Å². The molecule has 29 heavy (non-hydrogen) atoms. The van der Waals surface area contributed by atoms with Crippen LogP contribution in [0, 0.1) is 10.1 Å². The van der Waals surface area contributed by atoms with E-state index in [1.165, 1.54) is 22.5 Å². The van der Waals surface area contributed by atoms with Crippen LogP contribution in [0.5, 0.6) is 0 Å². The van der Waals surface area contributed by atoms with Crippen molar-refractivity contribution >= 4 is 21.6 Å². The second kappa shape index (κ2) is 8.71. The summed E-state index contributed by atoms with van der Waals surface area (Å²) < 4.78 is 26.9. The van der Waals surface area contributed by atoms with Crippen LogP contribution in [0.2, 0.25) is 0 Å². The maximum absolute atomic E-state index is 12.8. The maximum Gasteiger partial charge on any atom is 0.270 e. The van der Waals surface area contributed by atoms with Crippen LogP contribution in [0.3, 0.4) is 0 Å². The number of non-ortho nitro benzene ring substituents is 1. The van der Waals surface area contributed by atoms with Crippen molar-refractivity contribution in [2.75, 3.05) is 26.2 Å². The smallest absolute Gasteiger partial charge is 0.270 e. The molecule has 9 heteroatoms. The standard InChI is InChI=1S/C20H23N3O5S/c1-16(17-6-3-2-4-7-17)14-20(24)21-10-12-22(13-11-21)29(27,28)19-9-5-8-18(15-19)23(25)26/h2-9,15-16H,10-14H2,1H3/t16-/m0/s1. The third-order valence-corrected chi connectivity index (χ3v) is 7.00. The van der Waals surface area contributed by atoms with Crippen molar-refractivity contribution in [2.45, 2.75) is 24.2 Å². The van der Waals surface area contributed by atoms with Gasteiger partial charge in [-0.05, 0) is 17.5 Å². The fraction of sp³-hybridized carbons (Fsp3) is 0.350. The molecule has 0 aliphatic carbocycles. The fourth-order valence-corrected chi connectivity index (χ4v) is 4.84. The Bertz CT molecular complexity index is 986. The van der Waals surface area contributed by atoms with Crippen molar-refractivity contribution in [3.8, 4) is 0 Å². The van der Waals surface area contributed by atoms with Crippen LogP contribution in [-0.4, -0.2) is 54.6 Å². The van der Waals surface area contributed by atoms with E-state index in [2.05, 4.69) is 0 Å². The first-order chi connectivity index (χ1) is 13.8. The summed E-state index contributed by atoms with van der Waals surface area (Å²) >= 11 is 0. The highest BCUT2D eigenvalue weighted by molar-refractivity contribution is 7.89. The van der Waals surface area contributed by atoms with Crippen LogP contribution >= 0.6 is 0 Å². The van der Waals surface area contributed by atoms with Gasteiger partial charge in [-0.2, -0.15) is 4.31 Å². The Kier molecular flexibility index (Phi) is 6.29. The second-order valence-electron chi connectivity index (χ2n) is 7.06. The zero-order chi connectivity index (χ0) is 21.0. The quantitative estimate of drug-likeness (QED) is 0.531. The van der Waals surface area contributed by atoms with Gasteiger partial charge in [-0.1, -0.05) is 43.3 Å². The third kappa shape index (κ3) is 4.80. The zero-order valence-electron chi connectivity index (χ0n) is 16.1. The Hall–Kier alpha value is -2.78. The van der Waals surface area contributed by atoms with Crippen LogP contribution in [-0.2, 0) is 14.8 Å². The molecule has 154 valence electrons. The number of carbonyl (C=O) groups is 1. The number of benzene rings is 2. The van der Waals surface area contributed by atoms with E-state index >= 15 is 0 Å². The number of hydrogen-bond donors (Lipinski definition) is 0. The van der Waals surface area contributed by atoms with Crippen molar-refractivity contribution in [3.63, 3.8) is 0 Å². The summed E-state index contributed by atoms with van der Waals surface area (Å²) in [6.07, 6.45) is 0.363. The Labute approximate surface area is 169 Å². The van der Waals surface area contributed by atoms with Gasteiger partial charge in [-0.3, -0.25) is 14.9 Å². The van der Waals surface area contributed by atoms with E-state index in [1.54, 1.807) is 4.90 Å². The molecule has 1 saturated heterocycles. The number of nitro groups is 1. The highest BCUT2D eigenvalue weighted by Crippen LogP contribution is 2.23. The van der Waals surface area contributed by atoms with Crippen molar-refractivity contribution in [1.29, 1.82) is 0 Å². The van der Waals surface area contributed by atoms with E-state index in [0.717, 1.165) is 11.6 Å². The molecule has 0 radical (unpaired) electrons. The van der Waals surface area contributed by atoms with Gasteiger partial charge in [0.15, 0.2) is 0 Å². The minimum Gasteiger partial charge on any atom is -0.340 e. The van der Waals surface area contributed by atoms with Crippen LogP contribution in [0.4, 0.5) is 5.69 Å². The van der Waals surface area contributed by atoms with Gasteiger partial charge in [0, 0.05) is 44.7 Å². The summed E-state index contributed by atoms with van der Waals surface area (Å²) in [4.78, 5) is 24.5. The molecule has 0 saturated carbocycles. The van der Waals surface area contributed by atoms with Crippen LogP contribution in [0.1, 0.15) is 24.8 Å². The first-order valence-electron chi connectivity index (χ1n) is 9.36. The van der Waals surface area contributed by atoms with Gasteiger partial charge < -0.3 is 4.90 Å². The van der Waals surface area contributed by atoms with Crippen LogP contribution < -0.4 is 0 Å². The molecular weight excluding hydrogens is 394 g/mol. The number of sulfonamides is 1. The van der Waals surface area contributed by atoms with Gasteiger partial charge in [0.1, 0.15) is 0 Å². The molecule has 0 spiro atoms. The number of hydrogen-bond acceptors (Lipinski definition) is 5. The number of rotatable bonds is 6. The van der Waals surface area contributed by atoms with Gasteiger partial charge in [0.25, 0.3) is 5.69 Å². The summed E-state index contributed by atoms with van der Waals surface area (Å²) in [5.74, 6) is 0.0732. The van der Waals surface area contributed by atoms with E-state index < -0.39 is 14.9 Å². The maximum atomic E-state index is 12.8. The predicted octanol–water partition coefficient (Wildman–Crippen LogP) is 2.62. The molecule has 1 aliphatic heterocycles. The second-order valence-corrected chi connectivity index (χ2v) is 8.99. The average molecular weight is 417 g/mol. The summed E-state index contributed by atoms with van der Waals surface area (Å²) in [5, 5.41) is 10.9. The molecule has 0 aromatic heterocycles. The Morgan fingerprint density at radius 3 is 2.34 bits per heavy atom. The molecule has 1 fully saturated rings. The molecule has 1 aliphatic rings. The van der Waals surface area contributed by atoms with Gasteiger partial charge in [0.05, 0.1) is 9.82 Å². The lowest BCUT2D eigenvalue weighted by atomic mass is 9.97. The number of nitro benzene ring substituents is 1. The summed E-state index contributed by atoms with van der Waals surface area (Å²) in [6.45, 7) is 2.92. The summed E-state index contributed by atoms with van der Waals surface area (Å²) in [7, 11) is -3.84. The van der Waals surface area contributed by atoms with Crippen molar-refractivity contribution in [2.24, 2.45) is 0 Å². The number of piperazine rings is 1. The van der Waals surface area contributed by atoms with Crippen molar-refractivity contribution in [3.05, 3.63) is 70.3 Å². The Morgan fingerprint density at radius 1 is 1.07 bits per heavy atom. The number of amides is 1. The molecule has 0 bridgehead atoms. The Morgan fingerprint density at radius 2 is 1.72 bits per heavy atom. The minimum absolute atomic E-state index is 0.00579. The molecule has 1 amide bonds. The molecule has 1 heterocycles. The molecular formula is C20H23N3O5S. The SMILES string of the molecule is C[C@@H](CC(=O)N1CCN(S(=O)(=O)c2cccc([N+](=O)[O-])c2)CC1)c1ccccc1. The molecule has 8 nitrogen and oxygen atoms in total. The highest BCUT2D eigenvalue weighted by Gasteiger charge is 2.31. The first-order valence-corrected chi connectivity index (χ1v) is 10.8. The van der Waals surface area contributed by atoms with Gasteiger partial charge in [0.2, 0.25) is 15.9 Å². The summed E-state index contributed by atoms with van der Waals surface area (Å²) in [6, 6.07) is 14.8. The monoisotopic (exact) mass is 417 g/mol. The highest BCUT2D eigenvalue weighted by atomic mass is 32.2. The predicted molar refractivity (Wildman–Crippen MR) is 108 cm³/mol. The van der Waals surface area contributed by atoms with Gasteiger partial charge in [-0.25, -0.2) is 8.42 Å². The molecule has 2 aromatic rings. The van der Waals surface area contributed by atoms with E-state index in [9.17, 15) is 23.3 Å². The van der Waals surface area contributed by atoms with E-state index in [4.69, 9.17) is 0 Å². The fourth-order valence-electron chi connectivity index (χ4n) is 3.37. The third-order valence-electron chi connectivity index (χ3n) is 5.11. The van der Waals surface area contributed by atoms with Crippen LogP contribution in [0.15, 0.2) is 59.5 Å². The number of nitrogens with zero attached hydrogens (tertiary/aromatic N) is 3. The van der Waals surface area contributed by atoms with Crippen LogP contribution in [0.25, 0.3) is 0 Å². The van der Waals surface area contributed by atoms with Gasteiger partial charge in [-0.15, -0.1) is 0 Å². The molecule has 1 atom stereocenters. The molecule has 0 N–H and O–H groups in total. The lowest BCUT2D eigenvalue weighted by Gasteiger charge is -2.34. The lowest BCUT2D eigenvalue weighted by molar-refractivity contribution is -0.385. The van der Waals surface area contributed by atoms with Gasteiger partial charge >= 0.3 is 0 Å². The zero-order valence-corrected chi connectivity index (χ0v) is 16.9. The van der Waals surface area contributed by atoms with E-state index in [0.29, 0.717) is 19.5 Å². The molecule has 2 aromatic carbocycles. The minimum atomic E-state index is -3.84. The average Bonchev–Trinajstić information content (AvgIpc) is 2.74.